The zero-order valence-electron chi connectivity index (χ0n) is 18.2. The van der Waals surface area contributed by atoms with Crippen LogP contribution in [0, 0.1) is 5.92 Å². The second kappa shape index (κ2) is 8.53. The lowest BCUT2D eigenvalue weighted by molar-refractivity contribution is -0.143. The Hall–Kier alpha value is -2.16. The van der Waals surface area contributed by atoms with Gasteiger partial charge in [-0.25, -0.2) is 4.79 Å². The van der Waals surface area contributed by atoms with E-state index in [1.165, 1.54) is 6.92 Å². The molecule has 0 aromatic rings. The highest BCUT2D eigenvalue weighted by Crippen LogP contribution is 2.35. The topological polar surface area (TPSA) is 119 Å². The van der Waals surface area contributed by atoms with Crippen molar-refractivity contribution in [2.45, 2.75) is 82.9 Å². The van der Waals surface area contributed by atoms with E-state index in [9.17, 15) is 24.3 Å². The normalized spacial score (nSPS) is 23.8. The summed E-state index contributed by atoms with van der Waals surface area (Å²) in [6, 6.07) is -0.705. The zero-order valence-corrected chi connectivity index (χ0v) is 18.2. The van der Waals surface area contributed by atoms with E-state index in [4.69, 9.17) is 0 Å². The molecule has 3 aliphatic rings. The van der Waals surface area contributed by atoms with Crippen molar-refractivity contribution >= 4 is 23.8 Å². The number of piperidine rings is 1. The fourth-order valence-electron chi connectivity index (χ4n) is 4.61. The van der Waals surface area contributed by atoms with Crippen LogP contribution in [0.3, 0.4) is 0 Å². The van der Waals surface area contributed by atoms with Crippen LogP contribution in [0.5, 0.6) is 0 Å². The van der Waals surface area contributed by atoms with Crippen molar-refractivity contribution < 1.29 is 24.3 Å². The number of imide groups is 1. The number of nitrogens with one attached hydrogen (secondary N) is 2. The third kappa shape index (κ3) is 4.61. The average Bonchev–Trinajstić information content (AvgIpc) is 3.22. The van der Waals surface area contributed by atoms with Crippen LogP contribution in [0.4, 0.5) is 4.79 Å². The molecule has 9 nitrogen and oxygen atoms in total. The predicted molar refractivity (Wildman–Crippen MR) is 109 cm³/mol. The van der Waals surface area contributed by atoms with Crippen molar-refractivity contribution in [1.29, 1.82) is 0 Å². The zero-order chi connectivity index (χ0) is 22.1. The quantitative estimate of drug-likeness (QED) is 0.546. The van der Waals surface area contributed by atoms with Crippen LogP contribution in [0.2, 0.25) is 0 Å². The summed E-state index contributed by atoms with van der Waals surface area (Å²) < 4.78 is 0. The van der Waals surface area contributed by atoms with E-state index >= 15 is 0 Å². The third-order valence-corrected chi connectivity index (χ3v) is 6.42. The van der Waals surface area contributed by atoms with Gasteiger partial charge in [0.2, 0.25) is 5.91 Å². The molecule has 0 bridgehead atoms. The Morgan fingerprint density at radius 3 is 2.40 bits per heavy atom. The molecule has 1 atom stereocenters. The minimum Gasteiger partial charge on any atom is -0.378 e. The summed E-state index contributed by atoms with van der Waals surface area (Å²) in [6.07, 6.45) is 4.66. The van der Waals surface area contributed by atoms with Gasteiger partial charge in [0, 0.05) is 25.6 Å². The van der Waals surface area contributed by atoms with Crippen LogP contribution in [0.1, 0.15) is 65.7 Å². The molecule has 3 rings (SSSR count). The van der Waals surface area contributed by atoms with Crippen molar-refractivity contribution in [3.8, 4) is 0 Å². The second-order valence-corrected chi connectivity index (χ2v) is 9.61. The van der Waals surface area contributed by atoms with Crippen LogP contribution < -0.4 is 10.6 Å². The van der Waals surface area contributed by atoms with Crippen LogP contribution in [0.25, 0.3) is 0 Å². The van der Waals surface area contributed by atoms with Crippen molar-refractivity contribution in [2.24, 2.45) is 5.92 Å². The Bertz CT molecular complexity index is 706. The summed E-state index contributed by atoms with van der Waals surface area (Å²) in [4.78, 5) is 52.8. The Labute approximate surface area is 177 Å². The molecule has 0 radical (unpaired) electrons. The standard InChI is InChI=1S/C21H34N4O5/c1-14(2)12-16(26)24-10-6-15(7-11-24)22-17(27)20(3,30)13-25-18(28)21(23-19(25)29)8-4-5-9-21/h14-15,30H,4-13H2,1-3H3,(H,22,27)(H,23,29)/t20-/m0/s1. The number of urea groups is 1. The number of hydrogen-bond donors (Lipinski definition) is 3. The van der Waals surface area contributed by atoms with Crippen molar-refractivity contribution in [3.63, 3.8) is 0 Å². The van der Waals surface area contributed by atoms with E-state index in [1.807, 2.05) is 18.7 Å². The maximum absolute atomic E-state index is 12.8. The molecule has 0 aromatic carbocycles. The van der Waals surface area contributed by atoms with Crippen LogP contribution in [0.15, 0.2) is 0 Å². The highest BCUT2D eigenvalue weighted by atomic mass is 16.3. The monoisotopic (exact) mass is 422 g/mol. The summed E-state index contributed by atoms with van der Waals surface area (Å²) in [5, 5.41) is 16.3. The lowest BCUT2D eigenvalue weighted by atomic mass is 9.97. The minimum atomic E-state index is -1.89. The van der Waals surface area contributed by atoms with Crippen LogP contribution in [-0.2, 0) is 14.4 Å². The molecule has 2 saturated heterocycles. The Morgan fingerprint density at radius 2 is 1.83 bits per heavy atom. The van der Waals surface area contributed by atoms with E-state index in [-0.39, 0.29) is 24.4 Å². The van der Waals surface area contributed by atoms with Crippen molar-refractivity contribution in [3.05, 3.63) is 0 Å². The van der Waals surface area contributed by atoms with E-state index in [2.05, 4.69) is 10.6 Å². The van der Waals surface area contributed by atoms with E-state index in [1.54, 1.807) is 0 Å². The number of likely N-dealkylation sites (tertiary alicyclic amines) is 1. The van der Waals surface area contributed by atoms with Gasteiger partial charge in [-0.05, 0) is 38.5 Å². The largest absolute Gasteiger partial charge is 0.378 e. The average molecular weight is 423 g/mol. The second-order valence-electron chi connectivity index (χ2n) is 9.61. The maximum atomic E-state index is 12.8. The molecular weight excluding hydrogens is 388 g/mol. The predicted octanol–water partition coefficient (Wildman–Crippen LogP) is 0.755. The summed E-state index contributed by atoms with van der Waals surface area (Å²) in [6.45, 7) is 6.09. The highest BCUT2D eigenvalue weighted by molar-refractivity contribution is 6.07. The molecule has 1 spiro atoms. The van der Waals surface area contributed by atoms with Gasteiger partial charge in [-0.3, -0.25) is 19.3 Å². The van der Waals surface area contributed by atoms with Gasteiger partial charge >= 0.3 is 6.03 Å². The highest BCUT2D eigenvalue weighted by Gasteiger charge is 2.54. The molecule has 5 amide bonds. The molecule has 2 aliphatic heterocycles. The summed E-state index contributed by atoms with van der Waals surface area (Å²) in [5.74, 6) is -0.530. The lowest BCUT2D eigenvalue weighted by Crippen LogP contribution is -2.57. The maximum Gasteiger partial charge on any atom is 0.325 e. The van der Waals surface area contributed by atoms with Gasteiger partial charge in [0.1, 0.15) is 5.54 Å². The molecule has 3 fully saturated rings. The molecule has 1 aliphatic carbocycles. The summed E-state index contributed by atoms with van der Waals surface area (Å²) in [7, 11) is 0. The smallest absolute Gasteiger partial charge is 0.325 e. The lowest BCUT2D eigenvalue weighted by Gasteiger charge is -2.35. The van der Waals surface area contributed by atoms with E-state index in [0.29, 0.717) is 51.1 Å². The molecule has 0 unspecified atom stereocenters. The van der Waals surface area contributed by atoms with Crippen LogP contribution >= 0.6 is 0 Å². The Morgan fingerprint density at radius 1 is 1.23 bits per heavy atom. The molecule has 3 N–H and O–H groups in total. The minimum absolute atomic E-state index is 0.126. The molecule has 9 heteroatoms. The van der Waals surface area contributed by atoms with Gasteiger partial charge in [0.15, 0.2) is 5.60 Å². The molecule has 2 heterocycles. The molecular formula is C21H34N4O5. The third-order valence-electron chi connectivity index (χ3n) is 6.42. The number of hydrogen-bond acceptors (Lipinski definition) is 5. The fourth-order valence-corrected chi connectivity index (χ4v) is 4.61. The Kier molecular flexibility index (Phi) is 6.40. The van der Waals surface area contributed by atoms with Gasteiger partial charge in [0.25, 0.3) is 11.8 Å². The van der Waals surface area contributed by atoms with Gasteiger partial charge in [-0.15, -0.1) is 0 Å². The first-order valence-corrected chi connectivity index (χ1v) is 11.0. The van der Waals surface area contributed by atoms with Gasteiger partial charge in [-0.1, -0.05) is 26.7 Å². The fraction of sp³-hybridized carbons (Fsp3) is 0.810. The first-order chi connectivity index (χ1) is 14.0. The van der Waals surface area contributed by atoms with Gasteiger partial charge in [0.05, 0.1) is 6.54 Å². The first kappa shape index (κ1) is 22.5. The molecule has 168 valence electrons. The number of aliphatic hydroxyl groups is 1. The number of amides is 5. The van der Waals surface area contributed by atoms with E-state index < -0.39 is 23.1 Å². The van der Waals surface area contributed by atoms with E-state index in [0.717, 1.165) is 17.7 Å². The first-order valence-electron chi connectivity index (χ1n) is 11.0. The number of β-amino-alcohol motifs (C(OH)–C–C–N with tert-alkyl or cyclic N) is 1. The summed E-state index contributed by atoms with van der Waals surface area (Å²) in [5.41, 5.74) is -2.75. The van der Waals surface area contributed by atoms with Gasteiger partial charge in [-0.2, -0.15) is 0 Å². The molecule has 1 saturated carbocycles. The number of nitrogens with zero attached hydrogens (tertiary/aromatic N) is 2. The number of carbonyl (C=O) groups excluding carboxylic acids is 4. The molecule has 30 heavy (non-hydrogen) atoms. The van der Waals surface area contributed by atoms with Crippen molar-refractivity contribution in [2.75, 3.05) is 19.6 Å². The SMILES string of the molecule is CC(C)CC(=O)N1CCC(NC(=O)[C@@](C)(O)CN2C(=O)NC3(CCCC3)C2=O)CC1. The van der Waals surface area contributed by atoms with Crippen LogP contribution in [-0.4, -0.2) is 75.5 Å². The Balaban J connectivity index is 1.52. The summed E-state index contributed by atoms with van der Waals surface area (Å²) >= 11 is 0. The number of carbonyl (C=O) groups is 4. The molecule has 0 aromatic heterocycles. The number of rotatable bonds is 6. The van der Waals surface area contributed by atoms with Gasteiger partial charge < -0.3 is 20.6 Å². The van der Waals surface area contributed by atoms with Crippen molar-refractivity contribution in [1.82, 2.24) is 20.4 Å².